The predicted molar refractivity (Wildman–Crippen MR) is 64.1 cm³/mol. The fourth-order valence-corrected chi connectivity index (χ4v) is 2.26. The fraction of sp³-hybridized carbons (Fsp3) is 0.250. The van der Waals surface area contributed by atoms with Gasteiger partial charge < -0.3 is 5.11 Å². The lowest BCUT2D eigenvalue weighted by molar-refractivity contribution is 0.278. The van der Waals surface area contributed by atoms with Crippen LogP contribution in [0.15, 0.2) is 35.4 Å². The number of fused-ring (bicyclic) bond motifs is 1. The van der Waals surface area contributed by atoms with Crippen LogP contribution in [0.1, 0.15) is 12.5 Å². The van der Waals surface area contributed by atoms with Crippen molar-refractivity contribution >= 4 is 22.7 Å². The van der Waals surface area contributed by atoms with Crippen molar-refractivity contribution in [3.05, 3.63) is 35.9 Å². The highest BCUT2D eigenvalue weighted by atomic mass is 32.2. The molecule has 1 aromatic carbocycles. The van der Waals surface area contributed by atoms with E-state index in [9.17, 15) is 5.11 Å². The summed E-state index contributed by atoms with van der Waals surface area (Å²) in [6.45, 7) is 2.14. The normalized spacial score (nSPS) is 10.8. The molecule has 0 bridgehead atoms. The van der Waals surface area contributed by atoms with Crippen molar-refractivity contribution in [2.75, 3.05) is 5.75 Å². The molecule has 0 aliphatic heterocycles. The molecule has 0 fully saturated rings. The Kier molecular flexibility index (Phi) is 3.23. The molecule has 0 radical (unpaired) electrons. The van der Waals surface area contributed by atoms with Gasteiger partial charge in [-0.1, -0.05) is 25.1 Å². The van der Waals surface area contributed by atoms with E-state index < -0.39 is 0 Å². The Hall–Kier alpha value is -1.06. The van der Waals surface area contributed by atoms with Crippen LogP contribution in [-0.4, -0.2) is 15.8 Å². The van der Waals surface area contributed by atoms with Crippen molar-refractivity contribution in [2.24, 2.45) is 0 Å². The molecule has 0 saturated carbocycles. The van der Waals surface area contributed by atoms with Gasteiger partial charge in [-0.2, -0.15) is 0 Å². The average Bonchev–Trinajstić information content (AvgIpc) is 2.28. The third kappa shape index (κ3) is 2.13. The van der Waals surface area contributed by atoms with Crippen LogP contribution >= 0.6 is 11.8 Å². The Balaban J connectivity index is 2.58. The van der Waals surface area contributed by atoms with Gasteiger partial charge in [0, 0.05) is 10.9 Å². The number of nitrogens with zero attached hydrogens (tertiary/aromatic N) is 1. The number of pyridine rings is 1. The van der Waals surface area contributed by atoms with Gasteiger partial charge in [0.05, 0.1) is 12.1 Å². The van der Waals surface area contributed by atoms with Crippen LogP contribution in [-0.2, 0) is 6.61 Å². The van der Waals surface area contributed by atoms with Crippen molar-refractivity contribution in [1.82, 2.24) is 4.98 Å². The van der Waals surface area contributed by atoms with Crippen LogP contribution in [0.5, 0.6) is 0 Å². The summed E-state index contributed by atoms with van der Waals surface area (Å²) in [4.78, 5) is 4.54. The van der Waals surface area contributed by atoms with Crippen molar-refractivity contribution in [1.29, 1.82) is 0 Å². The Labute approximate surface area is 93.3 Å². The molecule has 0 unspecified atom stereocenters. The smallest absolute Gasteiger partial charge is 0.102 e. The van der Waals surface area contributed by atoms with E-state index in [0.717, 1.165) is 27.2 Å². The second-order valence-corrected chi connectivity index (χ2v) is 4.49. The first kappa shape index (κ1) is 10.5. The van der Waals surface area contributed by atoms with Crippen LogP contribution < -0.4 is 0 Å². The zero-order chi connectivity index (χ0) is 10.7. The van der Waals surface area contributed by atoms with Crippen LogP contribution in [0.25, 0.3) is 10.9 Å². The van der Waals surface area contributed by atoms with Gasteiger partial charge in [-0.25, -0.2) is 4.98 Å². The molecule has 0 aliphatic rings. The Morgan fingerprint density at radius 3 is 2.87 bits per heavy atom. The number of aliphatic hydroxyl groups excluding tert-OH is 1. The third-order valence-corrected chi connectivity index (χ3v) is 3.13. The van der Waals surface area contributed by atoms with E-state index in [2.05, 4.69) is 11.9 Å². The summed E-state index contributed by atoms with van der Waals surface area (Å²) in [7, 11) is 0. The number of hydrogen-bond donors (Lipinski definition) is 1. The molecule has 15 heavy (non-hydrogen) atoms. The first-order chi connectivity index (χ1) is 7.35. The Morgan fingerprint density at radius 1 is 1.33 bits per heavy atom. The summed E-state index contributed by atoms with van der Waals surface area (Å²) >= 11 is 1.67. The molecule has 2 rings (SSSR count). The van der Waals surface area contributed by atoms with Crippen LogP contribution in [0, 0.1) is 0 Å². The molecule has 1 N–H and O–H groups in total. The fourth-order valence-electron chi connectivity index (χ4n) is 1.52. The first-order valence-electron chi connectivity index (χ1n) is 4.97. The zero-order valence-electron chi connectivity index (χ0n) is 8.60. The number of benzene rings is 1. The van der Waals surface area contributed by atoms with E-state index in [1.807, 2.05) is 30.3 Å². The number of rotatable bonds is 3. The first-order valence-corrected chi connectivity index (χ1v) is 5.96. The lowest BCUT2D eigenvalue weighted by Gasteiger charge is -2.06. The molecule has 2 aromatic rings. The van der Waals surface area contributed by atoms with Crippen LogP contribution in [0.4, 0.5) is 0 Å². The highest BCUT2D eigenvalue weighted by Gasteiger charge is 2.05. The summed E-state index contributed by atoms with van der Waals surface area (Å²) in [5.41, 5.74) is 1.91. The molecule has 0 atom stereocenters. The molecule has 1 aromatic heterocycles. The van der Waals surface area contributed by atoms with Crippen LogP contribution in [0.2, 0.25) is 0 Å². The van der Waals surface area contributed by atoms with Gasteiger partial charge in [-0.3, -0.25) is 0 Å². The van der Waals surface area contributed by atoms with E-state index in [4.69, 9.17) is 0 Å². The highest BCUT2D eigenvalue weighted by Crippen LogP contribution is 2.24. The topological polar surface area (TPSA) is 33.1 Å². The van der Waals surface area contributed by atoms with Gasteiger partial charge in [-0.15, -0.1) is 11.8 Å². The van der Waals surface area contributed by atoms with Crippen molar-refractivity contribution in [3.63, 3.8) is 0 Å². The maximum absolute atomic E-state index is 9.25. The van der Waals surface area contributed by atoms with Gasteiger partial charge >= 0.3 is 0 Å². The molecular weight excluding hydrogens is 206 g/mol. The molecule has 0 amide bonds. The summed E-state index contributed by atoms with van der Waals surface area (Å²) in [5.74, 6) is 0.971. The maximum Gasteiger partial charge on any atom is 0.102 e. The van der Waals surface area contributed by atoms with Gasteiger partial charge in [0.15, 0.2) is 0 Å². The Morgan fingerprint density at radius 2 is 2.13 bits per heavy atom. The number of aliphatic hydroxyl groups is 1. The molecule has 78 valence electrons. The minimum atomic E-state index is 0.0557. The van der Waals surface area contributed by atoms with Gasteiger partial charge in [0.2, 0.25) is 0 Å². The summed E-state index contributed by atoms with van der Waals surface area (Å²) in [6, 6.07) is 9.99. The third-order valence-electron chi connectivity index (χ3n) is 2.21. The monoisotopic (exact) mass is 219 g/mol. The van der Waals surface area contributed by atoms with Gasteiger partial charge in [0.1, 0.15) is 5.03 Å². The molecule has 0 aliphatic carbocycles. The van der Waals surface area contributed by atoms with Gasteiger partial charge in [0.25, 0.3) is 0 Å². The standard InChI is InChI=1S/C12H13NOS/c1-2-15-12-10(8-14)7-9-5-3-4-6-11(9)13-12/h3-7,14H,2,8H2,1H3. The molecule has 3 heteroatoms. The summed E-state index contributed by atoms with van der Waals surface area (Å²) in [6.07, 6.45) is 0. The SMILES string of the molecule is CCSc1nc2ccccc2cc1CO. The van der Waals surface area contributed by atoms with Crippen molar-refractivity contribution < 1.29 is 5.11 Å². The van der Waals surface area contributed by atoms with E-state index >= 15 is 0 Å². The predicted octanol–water partition coefficient (Wildman–Crippen LogP) is 2.84. The van der Waals surface area contributed by atoms with E-state index in [1.165, 1.54) is 0 Å². The highest BCUT2D eigenvalue weighted by molar-refractivity contribution is 7.99. The minimum absolute atomic E-state index is 0.0557. The second-order valence-electron chi connectivity index (χ2n) is 3.24. The van der Waals surface area contributed by atoms with Crippen molar-refractivity contribution in [2.45, 2.75) is 18.6 Å². The molecule has 1 heterocycles. The largest absolute Gasteiger partial charge is 0.392 e. The number of para-hydroxylation sites is 1. The quantitative estimate of drug-likeness (QED) is 0.806. The average molecular weight is 219 g/mol. The lowest BCUT2D eigenvalue weighted by Crippen LogP contribution is -1.92. The summed E-state index contributed by atoms with van der Waals surface area (Å²) in [5, 5.41) is 11.3. The Bertz CT molecular complexity index is 470. The molecule has 2 nitrogen and oxygen atoms in total. The van der Waals surface area contributed by atoms with Crippen LogP contribution in [0.3, 0.4) is 0 Å². The van der Waals surface area contributed by atoms with Crippen molar-refractivity contribution in [3.8, 4) is 0 Å². The maximum atomic E-state index is 9.25. The molecule has 0 saturated heterocycles. The van der Waals surface area contributed by atoms with Gasteiger partial charge in [-0.05, 0) is 17.9 Å². The molecule has 0 spiro atoms. The lowest BCUT2D eigenvalue weighted by atomic mass is 10.2. The minimum Gasteiger partial charge on any atom is -0.392 e. The number of hydrogen-bond acceptors (Lipinski definition) is 3. The zero-order valence-corrected chi connectivity index (χ0v) is 9.42. The summed E-state index contributed by atoms with van der Waals surface area (Å²) < 4.78 is 0. The second kappa shape index (κ2) is 4.64. The van der Waals surface area contributed by atoms with E-state index in [-0.39, 0.29) is 6.61 Å². The van der Waals surface area contributed by atoms with E-state index in [0.29, 0.717) is 0 Å². The number of aromatic nitrogens is 1. The van der Waals surface area contributed by atoms with E-state index in [1.54, 1.807) is 11.8 Å². The number of thioether (sulfide) groups is 1. The molecular formula is C12H13NOS.